The fourth-order valence-corrected chi connectivity index (χ4v) is 3.46. The lowest BCUT2D eigenvalue weighted by atomic mass is 9.95. The molecule has 8 heteroatoms. The van der Waals surface area contributed by atoms with E-state index in [2.05, 4.69) is 0 Å². The first kappa shape index (κ1) is 19.7. The van der Waals surface area contributed by atoms with E-state index in [1.54, 1.807) is 35.9 Å². The summed E-state index contributed by atoms with van der Waals surface area (Å²) >= 11 is 0. The normalized spacial score (nSPS) is 14.8. The molecule has 0 unspecified atom stereocenters. The third kappa shape index (κ3) is 4.11. The maximum atomic E-state index is 12.8. The molecule has 1 aliphatic rings. The summed E-state index contributed by atoms with van der Waals surface area (Å²) in [4.78, 5) is 40.1. The Balaban J connectivity index is 1.55. The third-order valence-corrected chi connectivity index (χ3v) is 5.04. The second-order valence-electron chi connectivity index (χ2n) is 6.95. The number of amides is 2. The van der Waals surface area contributed by atoms with Crippen LogP contribution < -0.4 is 0 Å². The van der Waals surface area contributed by atoms with Crippen LogP contribution in [-0.4, -0.2) is 54.8 Å². The number of hydrogen-bond acceptors (Lipinski definition) is 6. The second-order valence-corrected chi connectivity index (χ2v) is 6.95. The van der Waals surface area contributed by atoms with Gasteiger partial charge >= 0.3 is 5.97 Å². The fraction of sp³-hybridized carbons (Fsp3) is 0.450. The minimum Gasteiger partial charge on any atom is -0.472 e. The van der Waals surface area contributed by atoms with Gasteiger partial charge in [-0.1, -0.05) is 0 Å². The minimum atomic E-state index is -0.462. The first-order valence-electron chi connectivity index (χ1n) is 9.14. The highest BCUT2D eigenvalue weighted by molar-refractivity contribution is 5.94. The van der Waals surface area contributed by atoms with Crippen LogP contribution in [0.5, 0.6) is 0 Å². The number of furan rings is 2. The summed E-state index contributed by atoms with van der Waals surface area (Å²) in [6, 6.07) is 3.25. The van der Waals surface area contributed by atoms with Crippen molar-refractivity contribution >= 4 is 17.8 Å². The zero-order valence-electron chi connectivity index (χ0n) is 16.3. The van der Waals surface area contributed by atoms with E-state index in [0.717, 1.165) is 0 Å². The van der Waals surface area contributed by atoms with E-state index < -0.39 is 5.97 Å². The van der Waals surface area contributed by atoms with Crippen LogP contribution in [0, 0.1) is 12.8 Å². The molecule has 2 aromatic heterocycles. The summed E-state index contributed by atoms with van der Waals surface area (Å²) in [5.41, 5.74) is 0.890. The number of rotatable bonds is 5. The topological polar surface area (TPSA) is 93.2 Å². The Morgan fingerprint density at radius 3 is 2.61 bits per heavy atom. The highest BCUT2D eigenvalue weighted by Crippen LogP contribution is 2.23. The van der Waals surface area contributed by atoms with Gasteiger partial charge in [-0.3, -0.25) is 9.59 Å². The lowest BCUT2D eigenvalue weighted by Crippen LogP contribution is -2.43. The first-order chi connectivity index (χ1) is 13.4. The molecular weight excluding hydrogens is 364 g/mol. The summed E-state index contributed by atoms with van der Waals surface area (Å²) in [5, 5.41) is 0. The molecule has 0 bridgehead atoms. The number of hydrogen-bond donors (Lipinski definition) is 0. The number of likely N-dealkylation sites (tertiary alicyclic amines) is 1. The van der Waals surface area contributed by atoms with Crippen LogP contribution in [-0.2, 0) is 16.1 Å². The molecule has 1 aliphatic heterocycles. The van der Waals surface area contributed by atoms with Gasteiger partial charge in [-0.25, -0.2) is 4.79 Å². The molecule has 0 atom stereocenters. The van der Waals surface area contributed by atoms with Gasteiger partial charge in [0.05, 0.1) is 25.5 Å². The Morgan fingerprint density at radius 1 is 1.29 bits per heavy atom. The molecular formula is C20H24N2O6. The van der Waals surface area contributed by atoms with Crippen molar-refractivity contribution in [1.29, 1.82) is 0 Å². The van der Waals surface area contributed by atoms with Crippen LogP contribution >= 0.6 is 0 Å². The minimum absolute atomic E-state index is 0.00378. The average molecular weight is 388 g/mol. The Labute approximate surface area is 163 Å². The van der Waals surface area contributed by atoms with Crippen LogP contribution in [0.1, 0.15) is 45.1 Å². The van der Waals surface area contributed by atoms with E-state index in [0.29, 0.717) is 48.6 Å². The molecule has 2 amide bonds. The molecule has 3 heterocycles. The molecule has 0 aromatic carbocycles. The molecule has 0 radical (unpaired) electrons. The Morgan fingerprint density at radius 2 is 2.00 bits per heavy atom. The van der Waals surface area contributed by atoms with E-state index in [-0.39, 0.29) is 24.3 Å². The number of carbonyl (C=O) groups excluding carboxylic acids is 3. The van der Waals surface area contributed by atoms with E-state index in [9.17, 15) is 14.4 Å². The zero-order valence-corrected chi connectivity index (χ0v) is 16.3. The van der Waals surface area contributed by atoms with Gasteiger partial charge < -0.3 is 23.4 Å². The molecule has 8 nitrogen and oxygen atoms in total. The van der Waals surface area contributed by atoms with E-state index in [4.69, 9.17) is 13.6 Å². The molecule has 2 aromatic rings. The molecule has 1 saturated heterocycles. The van der Waals surface area contributed by atoms with E-state index in [1.165, 1.54) is 19.6 Å². The van der Waals surface area contributed by atoms with Crippen LogP contribution in [0.2, 0.25) is 0 Å². The smallest absolute Gasteiger partial charge is 0.341 e. The quantitative estimate of drug-likeness (QED) is 0.731. The molecule has 0 aliphatic carbocycles. The number of methoxy groups -OCH3 is 1. The molecule has 150 valence electrons. The van der Waals surface area contributed by atoms with Crippen LogP contribution in [0.3, 0.4) is 0 Å². The number of nitrogens with zero attached hydrogens (tertiary/aromatic N) is 2. The van der Waals surface area contributed by atoms with Gasteiger partial charge in [0.25, 0.3) is 5.91 Å². The van der Waals surface area contributed by atoms with Gasteiger partial charge in [-0.2, -0.15) is 0 Å². The highest BCUT2D eigenvalue weighted by atomic mass is 16.5. The van der Waals surface area contributed by atoms with Crippen LogP contribution in [0.15, 0.2) is 33.5 Å². The summed E-state index contributed by atoms with van der Waals surface area (Å²) < 4.78 is 15.3. The van der Waals surface area contributed by atoms with E-state index >= 15 is 0 Å². The molecule has 3 rings (SSSR count). The monoisotopic (exact) mass is 388 g/mol. The molecule has 0 N–H and O–H groups in total. The Hall–Kier alpha value is -3.03. The maximum Gasteiger partial charge on any atom is 0.341 e. The lowest BCUT2D eigenvalue weighted by Gasteiger charge is -2.32. The maximum absolute atomic E-state index is 12.8. The SMILES string of the molecule is COC(=O)c1cc(CN(C)C(=O)C2CCN(C(=O)c3ccoc3)CC2)oc1C. The van der Waals surface area contributed by atoms with Crippen molar-refractivity contribution in [2.75, 3.05) is 27.2 Å². The third-order valence-electron chi connectivity index (χ3n) is 5.04. The van der Waals surface area contributed by atoms with Crippen molar-refractivity contribution in [3.63, 3.8) is 0 Å². The summed E-state index contributed by atoms with van der Waals surface area (Å²) in [5.74, 6) is 0.319. The molecule has 0 spiro atoms. The predicted molar refractivity (Wildman–Crippen MR) is 98.6 cm³/mol. The van der Waals surface area contributed by atoms with Crippen molar-refractivity contribution in [3.8, 4) is 0 Å². The zero-order chi connectivity index (χ0) is 20.3. The summed E-state index contributed by atoms with van der Waals surface area (Å²) in [7, 11) is 3.02. The predicted octanol–water partition coefficient (Wildman–Crippen LogP) is 2.48. The van der Waals surface area contributed by atoms with Crippen molar-refractivity contribution in [1.82, 2.24) is 9.80 Å². The van der Waals surface area contributed by atoms with Gasteiger partial charge in [-0.05, 0) is 31.9 Å². The number of ether oxygens (including phenoxy) is 1. The fourth-order valence-electron chi connectivity index (χ4n) is 3.46. The van der Waals surface area contributed by atoms with Crippen molar-refractivity contribution < 1.29 is 28.0 Å². The largest absolute Gasteiger partial charge is 0.472 e. The van der Waals surface area contributed by atoms with Gasteiger partial charge in [0, 0.05) is 26.1 Å². The van der Waals surface area contributed by atoms with Gasteiger partial charge in [0.15, 0.2) is 0 Å². The van der Waals surface area contributed by atoms with Gasteiger partial charge in [0.1, 0.15) is 23.3 Å². The molecule has 28 heavy (non-hydrogen) atoms. The Bertz CT molecular complexity index is 846. The number of esters is 1. The number of piperidine rings is 1. The molecule has 0 saturated carbocycles. The average Bonchev–Trinajstić information content (AvgIpc) is 3.36. The summed E-state index contributed by atoms with van der Waals surface area (Å²) in [6.45, 7) is 3.01. The number of carbonyl (C=O) groups is 3. The van der Waals surface area contributed by atoms with E-state index in [1.807, 2.05) is 0 Å². The second kappa shape index (κ2) is 8.33. The Kier molecular flexibility index (Phi) is 5.87. The van der Waals surface area contributed by atoms with Crippen molar-refractivity contribution in [2.45, 2.75) is 26.3 Å². The standard InChI is InChI=1S/C20H24N2O6/c1-13-17(20(25)26-3)10-16(28-13)11-21(2)18(23)14-4-7-22(8-5-14)19(24)15-6-9-27-12-15/h6,9-10,12,14H,4-5,7-8,11H2,1-3H3. The highest BCUT2D eigenvalue weighted by Gasteiger charge is 2.30. The molecule has 1 fully saturated rings. The van der Waals surface area contributed by atoms with Gasteiger partial charge in [-0.15, -0.1) is 0 Å². The lowest BCUT2D eigenvalue weighted by molar-refractivity contribution is -0.136. The van der Waals surface area contributed by atoms with Crippen LogP contribution in [0.25, 0.3) is 0 Å². The first-order valence-corrected chi connectivity index (χ1v) is 9.14. The van der Waals surface area contributed by atoms with Crippen molar-refractivity contribution in [2.24, 2.45) is 5.92 Å². The van der Waals surface area contributed by atoms with Crippen molar-refractivity contribution in [3.05, 3.63) is 47.3 Å². The van der Waals surface area contributed by atoms with Crippen LogP contribution in [0.4, 0.5) is 0 Å². The van der Waals surface area contributed by atoms with Gasteiger partial charge in [0.2, 0.25) is 5.91 Å². The number of aryl methyl sites for hydroxylation is 1. The summed E-state index contributed by atoms with van der Waals surface area (Å²) in [6.07, 6.45) is 4.12.